The van der Waals surface area contributed by atoms with Gasteiger partial charge in [0, 0.05) is 15.8 Å². The van der Waals surface area contributed by atoms with Crippen LogP contribution in [0.2, 0.25) is 6.04 Å². The van der Waals surface area contributed by atoms with Crippen molar-refractivity contribution in [3.05, 3.63) is 11.1 Å². The quantitative estimate of drug-likeness (QED) is 0.328. The van der Waals surface area contributed by atoms with E-state index in [1.807, 2.05) is 6.92 Å². The van der Waals surface area contributed by atoms with Gasteiger partial charge in [-0.2, -0.15) is 0 Å². The SMILES string of the molecule is COC(=O)C(C)=C(C)C[SiH3]. The van der Waals surface area contributed by atoms with Crippen LogP contribution in [0.1, 0.15) is 13.8 Å². The predicted octanol–water partition coefficient (Wildman–Crippen LogP) is 0.279. The van der Waals surface area contributed by atoms with Gasteiger partial charge in [0.25, 0.3) is 0 Å². The highest BCUT2D eigenvalue weighted by molar-refractivity contribution is 6.10. The van der Waals surface area contributed by atoms with Crippen molar-refractivity contribution in [3.63, 3.8) is 0 Å². The largest absolute Gasteiger partial charge is 0.466 e. The fraction of sp³-hybridized carbons (Fsp3) is 0.571. The first-order valence-electron chi connectivity index (χ1n) is 3.38. The lowest BCUT2D eigenvalue weighted by Crippen LogP contribution is -2.03. The number of carbonyl (C=O) groups excluding carboxylic acids is 1. The minimum absolute atomic E-state index is 0.201. The van der Waals surface area contributed by atoms with E-state index < -0.39 is 0 Å². The molecule has 0 saturated carbocycles. The van der Waals surface area contributed by atoms with Crippen LogP contribution in [0.4, 0.5) is 0 Å². The molecule has 0 saturated heterocycles. The number of esters is 1. The van der Waals surface area contributed by atoms with E-state index in [1.165, 1.54) is 7.11 Å². The third-order valence-corrected chi connectivity index (χ3v) is 2.72. The van der Waals surface area contributed by atoms with Crippen LogP contribution in [0.5, 0.6) is 0 Å². The van der Waals surface area contributed by atoms with Crippen LogP contribution in [0.3, 0.4) is 0 Å². The summed E-state index contributed by atoms with van der Waals surface area (Å²) in [7, 11) is 2.51. The average molecular weight is 158 g/mol. The molecule has 3 heteroatoms. The number of hydrogen-bond donors (Lipinski definition) is 0. The molecule has 58 valence electrons. The number of hydrogen-bond acceptors (Lipinski definition) is 2. The monoisotopic (exact) mass is 158 g/mol. The van der Waals surface area contributed by atoms with E-state index in [1.54, 1.807) is 6.92 Å². The molecule has 0 radical (unpaired) electrons. The number of allylic oxidation sites excluding steroid dienone is 1. The number of ether oxygens (including phenoxy) is 1. The van der Waals surface area contributed by atoms with E-state index in [-0.39, 0.29) is 5.97 Å². The molecule has 0 aromatic heterocycles. The fourth-order valence-corrected chi connectivity index (χ4v) is 1.12. The van der Waals surface area contributed by atoms with Gasteiger partial charge in [-0.1, -0.05) is 5.57 Å². The van der Waals surface area contributed by atoms with E-state index in [4.69, 9.17) is 0 Å². The average Bonchev–Trinajstić information content (AvgIpc) is 2.00. The zero-order valence-electron chi connectivity index (χ0n) is 7.02. The highest BCUT2D eigenvalue weighted by atomic mass is 28.1. The van der Waals surface area contributed by atoms with Gasteiger partial charge in [-0.25, -0.2) is 4.79 Å². The van der Waals surface area contributed by atoms with Crippen molar-refractivity contribution < 1.29 is 9.53 Å². The summed E-state index contributed by atoms with van der Waals surface area (Å²) in [6, 6.07) is 1.04. The summed E-state index contributed by atoms with van der Waals surface area (Å²) in [4.78, 5) is 10.8. The maximum Gasteiger partial charge on any atom is 0.333 e. The molecule has 0 aromatic carbocycles. The molecule has 0 spiro atoms. The van der Waals surface area contributed by atoms with Crippen LogP contribution in [0.25, 0.3) is 0 Å². The molecule has 0 rings (SSSR count). The Morgan fingerprint density at radius 1 is 1.50 bits per heavy atom. The minimum Gasteiger partial charge on any atom is -0.466 e. The Kier molecular flexibility index (Phi) is 4.03. The molecule has 0 unspecified atom stereocenters. The Balaban J connectivity index is 4.30. The van der Waals surface area contributed by atoms with Gasteiger partial charge in [-0.3, -0.25) is 0 Å². The lowest BCUT2D eigenvalue weighted by Gasteiger charge is -2.01. The Hall–Kier alpha value is -0.573. The molecule has 10 heavy (non-hydrogen) atoms. The zero-order valence-corrected chi connectivity index (χ0v) is 9.02. The summed E-state index contributed by atoms with van der Waals surface area (Å²) >= 11 is 0. The molecular formula is C7H14O2Si. The molecule has 2 nitrogen and oxygen atoms in total. The van der Waals surface area contributed by atoms with Gasteiger partial charge in [0.05, 0.1) is 7.11 Å². The maximum absolute atomic E-state index is 10.8. The zero-order chi connectivity index (χ0) is 8.15. The summed E-state index contributed by atoms with van der Waals surface area (Å²) in [5, 5.41) is 0. The summed E-state index contributed by atoms with van der Waals surface area (Å²) in [6.07, 6.45) is 0. The van der Waals surface area contributed by atoms with Gasteiger partial charge in [0.1, 0.15) is 0 Å². The maximum atomic E-state index is 10.8. The van der Waals surface area contributed by atoms with Crippen LogP contribution in [-0.2, 0) is 9.53 Å². The van der Waals surface area contributed by atoms with Crippen molar-refractivity contribution in [2.45, 2.75) is 19.9 Å². The third-order valence-electron chi connectivity index (χ3n) is 1.66. The topological polar surface area (TPSA) is 26.3 Å². The van der Waals surface area contributed by atoms with Crippen molar-refractivity contribution in [1.82, 2.24) is 0 Å². The van der Waals surface area contributed by atoms with Gasteiger partial charge in [0.15, 0.2) is 0 Å². The second kappa shape index (κ2) is 4.28. The smallest absolute Gasteiger partial charge is 0.333 e. The molecular weight excluding hydrogens is 144 g/mol. The van der Waals surface area contributed by atoms with Gasteiger partial charge in [-0.05, 0) is 19.9 Å². The van der Waals surface area contributed by atoms with E-state index >= 15 is 0 Å². The Bertz CT molecular complexity index is 161. The summed E-state index contributed by atoms with van der Waals surface area (Å²) in [6.45, 7) is 3.78. The molecule has 0 atom stereocenters. The van der Waals surface area contributed by atoms with E-state index in [0.717, 1.165) is 27.4 Å². The Morgan fingerprint density at radius 3 is 2.30 bits per heavy atom. The van der Waals surface area contributed by atoms with Crippen molar-refractivity contribution in [2.75, 3.05) is 7.11 Å². The van der Waals surface area contributed by atoms with Crippen LogP contribution < -0.4 is 0 Å². The van der Waals surface area contributed by atoms with Crippen molar-refractivity contribution in [1.29, 1.82) is 0 Å². The standard InChI is InChI=1S/C7H14O2Si/c1-5(4-10)6(2)7(8)9-3/h4H2,1-3,10H3. The lowest BCUT2D eigenvalue weighted by molar-refractivity contribution is -0.136. The molecule has 0 N–H and O–H groups in total. The molecule has 0 bridgehead atoms. The van der Waals surface area contributed by atoms with Crippen molar-refractivity contribution >= 4 is 16.2 Å². The second-order valence-corrected chi connectivity index (χ2v) is 2.96. The van der Waals surface area contributed by atoms with Crippen molar-refractivity contribution in [3.8, 4) is 0 Å². The van der Waals surface area contributed by atoms with Gasteiger partial charge < -0.3 is 4.74 Å². The highest BCUT2D eigenvalue weighted by Crippen LogP contribution is 2.07. The third kappa shape index (κ3) is 2.35. The number of methoxy groups -OCH3 is 1. The van der Waals surface area contributed by atoms with Gasteiger partial charge in [0.2, 0.25) is 0 Å². The second-order valence-electron chi connectivity index (χ2n) is 2.25. The first-order valence-corrected chi connectivity index (χ1v) is 4.79. The predicted molar refractivity (Wildman–Crippen MR) is 45.1 cm³/mol. The molecule has 0 amide bonds. The molecule has 0 fully saturated rings. The van der Waals surface area contributed by atoms with Gasteiger partial charge in [-0.15, -0.1) is 0 Å². The normalized spacial score (nSPS) is 12.7. The molecule has 0 aromatic rings. The van der Waals surface area contributed by atoms with Crippen LogP contribution in [0, 0.1) is 0 Å². The molecule has 0 heterocycles. The Labute approximate surface area is 64.7 Å². The van der Waals surface area contributed by atoms with Crippen molar-refractivity contribution in [2.24, 2.45) is 0 Å². The minimum atomic E-state index is -0.201. The Morgan fingerprint density at radius 2 is 2.00 bits per heavy atom. The van der Waals surface area contributed by atoms with Gasteiger partial charge >= 0.3 is 5.97 Å². The summed E-state index contributed by atoms with van der Waals surface area (Å²) in [5.41, 5.74) is 1.91. The fourth-order valence-electron chi connectivity index (χ4n) is 0.592. The lowest BCUT2D eigenvalue weighted by atomic mass is 10.2. The van der Waals surface area contributed by atoms with Crippen LogP contribution in [-0.4, -0.2) is 23.3 Å². The number of carbonyl (C=O) groups is 1. The number of rotatable bonds is 2. The summed E-state index contributed by atoms with van der Waals surface area (Å²) in [5.74, 6) is -0.201. The van der Waals surface area contributed by atoms with E-state index in [9.17, 15) is 4.79 Å². The van der Waals surface area contributed by atoms with E-state index in [0.29, 0.717) is 0 Å². The molecule has 0 aliphatic heterocycles. The first kappa shape index (κ1) is 9.43. The first-order chi connectivity index (χ1) is 4.63. The van der Waals surface area contributed by atoms with Crippen LogP contribution in [0.15, 0.2) is 11.1 Å². The molecule has 0 aliphatic carbocycles. The summed E-state index contributed by atoms with van der Waals surface area (Å²) < 4.78 is 4.55. The molecule has 0 aliphatic rings. The van der Waals surface area contributed by atoms with E-state index in [2.05, 4.69) is 4.74 Å². The van der Waals surface area contributed by atoms with Crippen LogP contribution >= 0.6 is 0 Å². The highest BCUT2D eigenvalue weighted by Gasteiger charge is 2.04.